The number of phenols is 1. The Kier molecular flexibility index (Phi) is 5.57. The van der Waals surface area contributed by atoms with E-state index < -0.39 is 0 Å². The second kappa shape index (κ2) is 8.62. The van der Waals surface area contributed by atoms with E-state index in [0.717, 1.165) is 16.3 Å². The predicted molar refractivity (Wildman–Crippen MR) is 122 cm³/mol. The van der Waals surface area contributed by atoms with Gasteiger partial charge in [0.2, 0.25) is 0 Å². The first-order valence-corrected chi connectivity index (χ1v) is 9.82. The van der Waals surface area contributed by atoms with Crippen LogP contribution < -0.4 is 5.32 Å². The van der Waals surface area contributed by atoms with Crippen molar-refractivity contribution in [2.75, 3.05) is 0 Å². The number of hydrogen-bond donors (Lipinski definition) is 2. The molecule has 0 aliphatic rings. The van der Waals surface area contributed by atoms with Crippen LogP contribution in [0.25, 0.3) is 10.8 Å². The monoisotopic (exact) mass is 394 g/mol. The van der Waals surface area contributed by atoms with Crippen LogP contribution in [0.1, 0.15) is 34.5 Å². The second-order valence-corrected chi connectivity index (χ2v) is 7.13. The van der Waals surface area contributed by atoms with Gasteiger partial charge in [-0.25, -0.2) is 0 Å². The highest BCUT2D eigenvalue weighted by atomic mass is 16.3. The predicted octanol–water partition coefficient (Wildman–Crippen LogP) is 5.79. The van der Waals surface area contributed by atoms with Gasteiger partial charge >= 0.3 is 0 Å². The molecule has 0 radical (unpaired) electrons. The zero-order valence-corrected chi connectivity index (χ0v) is 16.6. The smallest absolute Gasteiger partial charge is 0.251 e. The van der Waals surface area contributed by atoms with Crippen molar-refractivity contribution in [2.45, 2.75) is 13.0 Å². The van der Waals surface area contributed by atoms with Crippen molar-refractivity contribution in [1.29, 1.82) is 0 Å². The van der Waals surface area contributed by atoms with Gasteiger partial charge in [0, 0.05) is 17.3 Å². The Bertz CT molecular complexity index is 1200. The lowest BCUT2D eigenvalue weighted by Crippen LogP contribution is -2.26. The molecule has 4 aromatic carbocycles. The van der Waals surface area contributed by atoms with Gasteiger partial charge < -0.3 is 10.4 Å². The molecular formula is C26H22N2O2. The third-order valence-corrected chi connectivity index (χ3v) is 5.07. The van der Waals surface area contributed by atoms with Crippen LogP contribution in [0.15, 0.2) is 96.0 Å². The van der Waals surface area contributed by atoms with Crippen LogP contribution >= 0.6 is 0 Å². The summed E-state index contributed by atoms with van der Waals surface area (Å²) in [4.78, 5) is 17.0. The van der Waals surface area contributed by atoms with Crippen LogP contribution in [-0.2, 0) is 0 Å². The lowest BCUT2D eigenvalue weighted by molar-refractivity contribution is 0.0940. The van der Waals surface area contributed by atoms with Gasteiger partial charge in [0.05, 0.1) is 11.7 Å². The van der Waals surface area contributed by atoms with Crippen LogP contribution in [0.2, 0.25) is 0 Å². The van der Waals surface area contributed by atoms with E-state index in [1.165, 1.54) is 0 Å². The molecule has 0 saturated carbocycles. The highest BCUT2D eigenvalue weighted by Crippen LogP contribution is 2.26. The summed E-state index contributed by atoms with van der Waals surface area (Å²) in [5.41, 5.74) is 3.01. The molecule has 4 aromatic rings. The average molecular weight is 394 g/mol. The molecular weight excluding hydrogens is 372 g/mol. The maximum Gasteiger partial charge on any atom is 0.251 e. The minimum absolute atomic E-state index is 0.0780. The molecule has 0 aromatic heterocycles. The fourth-order valence-corrected chi connectivity index (χ4v) is 3.36. The van der Waals surface area contributed by atoms with Crippen molar-refractivity contribution in [2.24, 2.45) is 4.99 Å². The van der Waals surface area contributed by atoms with E-state index in [1.807, 2.05) is 67.6 Å². The van der Waals surface area contributed by atoms with E-state index in [4.69, 9.17) is 0 Å². The van der Waals surface area contributed by atoms with Gasteiger partial charge in [-0.05, 0) is 53.6 Å². The van der Waals surface area contributed by atoms with Gasteiger partial charge in [-0.1, -0.05) is 60.7 Å². The third-order valence-electron chi connectivity index (χ3n) is 5.07. The van der Waals surface area contributed by atoms with Gasteiger partial charge in [-0.2, -0.15) is 0 Å². The molecule has 0 saturated heterocycles. The first-order chi connectivity index (χ1) is 14.6. The lowest BCUT2D eigenvalue weighted by Gasteiger charge is -2.14. The van der Waals surface area contributed by atoms with Crippen LogP contribution in [0.5, 0.6) is 5.75 Å². The van der Waals surface area contributed by atoms with Gasteiger partial charge in [0.1, 0.15) is 5.75 Å². The van der Waals surface area contributed by atoms with Crippen molar-refractivity contribution in [3.05, 3.63) is 108 Å². The average Bonchev–Trinajstić information content (AvgIpc) is 2.79. The molecule has 2 N–H and O–H groups in total. The zero-order chi connectivity index (χ0) is 20.9. The molecule has 0 fully saturated rings. The Morgan fingerprint density at radius 1 is 0.900 bits per heavy atom. The normalized spacial score (nSPS) is 12.2. The molecule has 4 heteroatoms. The minimum Gasteiger partial charge on any atom is -0.507 e. The molecule has 0 spiro atoms. The molecule has 0 heterocycles. The maximum absolute atomic E-state index is 12.5. The van der Waals surface area contributed by atoms with Gasteiger partial charge in [-0.3, -0.25) is 9.79 Å². The maximum atomic E-state index is 12.5. The standard InChI is InChI=1S/C26H22N2O2/c1-18(19-7-3-2-4-8-19)28-26(30)21-11-14-22(15-12-21)27-17-24-23-10-6-5-9-20(23)13-16-25(24)29/h2-18,29H,1H3,(H,28,30). The van der Waals surface area contributed by atoms with Crippen molar-refractivity contribution in [3.8, 4) is 5.75 Å². The van der Waals surface area contributed by atoms with E-state index in [9.17, 15) is 9.90 Å². The van der Waals surface area contributed by atoms with E-state index in [-0.39, 0.29) is 17.7 Å². The topological polar surface area (TPSA) is 61.7 Å². The number of carbonyl (C=O) groups excluding carboxylic acids is 1. The Morgan fingerprint density at radius 2 is 1.60 bits per heavy atom. The number of amides is 1. The first-order valence-electron chi connectivity index (χ1n) is 9.82. The van der Waals surface area contributed by atoms with E-state index >= 15 is 0 Å². The number of fused-ring (bicyclic) bond motifs is 1. The minimum atomic E-state index is -0.131. The summed E-state index contributed by atoms with van der Waals surface area (Å²) in [5.74, 6) is 0.0527. The van der Waals surface area contributed by atoms with Crippen molar-refractivity contribution >= 4 is 28.6 Å². The summed E-state index contributed by atoms with van der Waals surface area (Å²) >= 11 is 0. The van der Waals surface area contributed by atoms with Crippen LogP contribution in [-0.4, -0.2) is 17.2 Å². The Morgan fingerprint density at radius 3 is 2.37 bits per heavy atom. The summed E-state index contributed by atoms with van der Waals surface area (Å²) in [6.45, 7) is 1.96. The van der Waals surface area contributed by atoms with Crippen molar-refractivity contribution in [3.63, 3.8) is 0 Å². The molecule has 148 valence electrons. The molecule has 4 nitrogen and oxygen atoms in total. The van der Waals surface area contributed by atoms with E-state index in [2.05, 4.69) is 10.3 Å². The molecule has 4 rings (SSSR count). The Balaban J connectivity index is 1.49. The van der Waals surface area contributed by atoms with E-state index in [0.29, 0.717) is 16.8 Å². The molecule has 30 heavy (non-hydrogen) atoms. The van der Waals surface area contributed by atoms with Crippen LogP contribution in [0.3, 0.4) is 0 Å². The first kappa shape index (κ1) is 19.4. The number of aromatic hydroxyl groups is 1. The number of carbonyl (C=O) groups is 1. The number of hydrogen-bond acceptors (Lipinski definition) is 3. The molecule has 1 atom stereocenters. The molecule has 1 unspecified atom stereocenters. The van der Waals surface area contributed by atoms with Crippen LogP contribution in [0.4, 0.5) is 5.69 Å². The van der Waals surface area contributed by atoms with Crippen LogP contribution in [0, 0.1) is 0 Å². The highest BCUT2D eigenvalue weighted by Gasteiger charge is 2.11. The third kappa shape index (κ3) is 4.23. The van der Waals surface area contributed by atoms with Crippen molar-refractivity contribution < 1.29 is 9.90 Å². The number of aliphatic imine (C=N–C) groups is 1. The van der Waals surface area contributed by atoms with E-state index in [1.54, 1.807) is 36.5 Å². The van der Waals surface area contributed by atoms with Gasteiger partial charge in [0.15, 0.2) is 0 Å². The second-order valence-electron chi connectivity index (χ2n) is 7.13. The SMILES string of the molecule is CC(NC(=O)c1ccc(N=Cc2c(O)ccc3ccccc23)cc1)c1ccccc1. The number of benzene rings is 4. The highest BCUT2D eigenvalue weighted by molar-refractivity contribution is 6.03. The van der Waals surface area contributed by atoms with Crippen molar-refractivity contribution in [1.82, 2.24) is 5.32 Å². The number of phenolic OH excluding ortho intramolecular Hbond substituents is 1. The summed E-state index contributed by atoms with van der Waals surface area (Å²) in [6.07, 6.45) is 1.66. The largest absolute Gasteiger partial charge is 0.507 e. The number of nitrogens with one attached hydrogen (secondary N) is 1. The summed E-state index contributed by atoms with van der Waals surface area (Å²) < 4.78 is 0. The fraction of sp³-hybridized carbons (Fsp3) is 0.0769. The molecule has 0 bridgehead atoms. The lowest BCUT2D eigenvalue weighted by atomic mass is 10.0. The Hall–Kier alpha value is -3.92. The number of nitrogens with zero attached hydrogens (tertiary/aromatic N) is 1. The zero-order valence-electron chi connectivity index (χ0n) is 16.6. The molecule has 0 aliphatic carbocycles. The quantitative estimate of drug-likeness (QED) is 0.421. The summed E-state index contributed by atoms with van der Waals surface area (Å²) in [6, 6.07) is 28.3. The summed E-state index contributed by atoms with van der Waals surface area (Å²) in [5, 5.41) is 15.2. The fourth-order valence-electron chi connectivity index (χ4n) is 3.36. The summed E-state index contributed by atoms with van der Waals surface area (Å²) in [7, 11) is 0. The van der Waals surface area contributed by atoms with Gasteiger partial charge in [0.25, 0.3) is 5.91 Å². The van der Waals surface area contributed by atoms with Gasteiger partial charge in [-0.15, -0.1) is 0 Å². The Labute approximate surface area is 175 Å². The molecule has 1 amide bonds. The molecule has 0 aliphatic heterocycles. The number of rotatable bonds is 5.